The molecular weight excluding hydrogens is 130 g/mol. The van der Waals surface area contributed by atoms with Gasteiger partial charge in [-0.1, -0.05) is 0 Å². The molecule has 1 atom stereocenters. The van der Waals surface area contributed by atoms with Crippen LogP contribution in [0, 0.1) is 0 Å². The van der Waals surface area contributed by atoms with E-state index in [2.05, 4.69) is 5.32 Å². The first kappa shape index (κ1) is 7.98. The predicted octanol–water partition coefficient (Wildman–Crippen LogP) is -0.254. The highest BCUT2D eigenvalue weighted by Crippen LogP contribution is 2.15. The molecule has 1 rings (SSSR count). The highest BCUT2D eigenvalue weighted by atomic mass is 16.5. The van der Waals surface area contributed by atoms with Crippen molar-refractivity contribution >= 4 is 0 Å². The second-order valence-corrected chi connectivity index (χ2v) is 3.19. The van der Waals surface area contributed by atoms with Crippen molar-refractivity contribution in [2.45, 2.75) is 25.5 Å². The van der Waals surface area contributed by atoms with Gasteiger partial charge in [-0.2, -0.15) is 0 Å². The lowest BCUT2D eigenvalue weighted by Gasteiger charge is -2.38. The fraction of sp³-hybridized carbons (Fsp3) is 1.00. The molecule has 0 bridgehead atoms. The zero-order valence-corrected chi connectivity index (χ0v) is 6.55. The minimum atomic E-state index is -0.0764. The Morgan fingerprint density at radius 1 is 1.70 bits per heavy atom. The van der Waals surface area contributed by atoms with Crippen molar-refractivity contribution in [3.8, 4) is 0 Å². The average Bonchev–Trinajstić information content (AvgIpc) is 1.87. The molecule has 1 heterocycles. The number of nitrogens with one attached hydrogen (secondary N) is 1. The summed E-state index contributed by atoms with van der Waals surface area (Å²) in [4.78, 5) is 0. The van der Waals surface area contributed by atoms with Gasteiger partial charge < -0.3 is 15.2 Å². The fourth-order valence-electron chi connectivity index (χ4n) is 1.18. The van der Waals surface area contributed by atoms with Crippen molar-refractivity contribution < 1.29 is 9.84 Å². The van der Waals surface area contributed by atoms with E-state index in [-0.39, 0.29) is 18.2 Å². The van der Waals surface area contributed by atoms with Crippen LogP contribution in [0.3, 0.4) is 0 Å². The van der Waals surface area contributed by atoms with Crippen molar-refractivity contribution in [3.05, 3.63) is 0 Å². The van der Waals surface area contributed by atoms with E-state index in [9.17, 15) is 0 Å². The second kappa shape index (κ2) is 2.86. The van der Waals surface area contributed by atoms with Crippen LogP contribution in [-0.2, 0) is 4.74 Å². The van der Waals surface area contributed by atoms with Crippen LogP contribution in [-0.4, -0.2) is 36.5 Å². The van der Waals surface area contributed by atoms with Gasteiger partial charge in [0.1, 0.15) is 0 Å². The maximum absolute atomic E-state index is 8.86. The topological polar surface area (TPSA) is 41.5 Å². The van der Waals surface area contributed by atoms with Gasteiger partial charge in [-0.25, -0.2) is 0 Å². The molecule has 1 saturated heterocycles. The molecule has 2 N–H and O–H groups in total. The lowest BCUT2D eigenvalue weighted by Crippen LogP contribution is -2.57. The summed E-state index contributed by atoms with van der Waals surface area (Å²) < 4.78 is 5.33. The first-order chi connectivity index (χ1) is 4.67. The summed E-state index contributed by atoms with van der Waals surface area (Å²) in [5, 5.41) is 12.1. The van der Waals surface area contributed by atoms with Crippen molar-refractivity contribution in [3.63, 3.8) is 0 Å². The summed E-state index contributed by atoms with van der Waals surface area (Å²) in [6.07, 6.45) is -0.0544. The molecule has 0 aromatic heterocycles. The largest absolute Gasteiger partial charge is 0.394 e. The molecule has 0 saturated carbocycles. The van der Waals surface area contributed by atoms with Gasteiger partial charge in [0.15, 0.2) is 0 Å². The van der Waals surface area contributed by atoms with Gasteiger partial charge in [0.25, 0.3) is 0 Å². The first-order valence-corrected chi connectivity index (χ1v) is 3.64. The van der Waals surface area contributed by atoms with E-state index in [1.807, 2.05) is 13.8 Å². The number of ether oxygens (including phenoxy) is 1. The standard InChI is InChI=1S/C7H15NO2/c1-7(2)6(5-9)10-4-3-8-7/h6,8-9H,3-5H2,1-2H3. The molecular formula is C7H15NO2. The van der Waals surface area contributed by atoms with Gasteiger partial charge >= 0.3 is 0 Å². The highest BCUT2D eigenvalue weighted by molar-refractivity contribution is 4.89. The van der Waals surface area contributed by atoms with Crippen LogP contribution < -0.4 is 5.32 Å². The molecule has 0 spiro atoms. The number of rotatable bonds is 1. The Balaban J connectivity index is 2.51. The minimum Gasteiger partial charge on any atom is -0.394 e. The number of hydrogen-bond donors (Lipinski definition) is 2. The SMILES string of the molecule is CC1(C)NCCOC1CO. The third kappa shape index (κ3) is 1.48. The molecule has 1 unspecified atom stereocenters. The zero-order valence-electron chi connectivity index (χ0n) is 6.55. The average molecular weight is 145 g/mol. The summed E-state index contributed by atoms with van der Waals surface area (Å²) in [5.41, 5.74) is -0.0764. The summed E-state index contributed by atoms with van der Waals surface area (Å²) in [7, 11) is 0. The molecule has 0 amide bonds. The van der Waals surface area contributed by atoms with Crippen molar-refractivity contribution in [2.75, 3.05) is 19.8 Å². The van der Waals surface area contributed by atoms with Crippen molar-refractivity contribution in [1.29, 1.82) is 0 Å². The molecule has 3 heteroatoms. The predicted molar refractivity (Wildman–Crippen MR) is 38.9 cm³/mol. The van der Waals surface area contributed by atoms with Crippen molar-refractivity contribution in [2.24, 2.45) is 0 Å². The van der Waals surface area contributed by atoms with Crippen LogP contribution in [0.5, 0.6) is 0 Å². The van der Waals surface area contributed by atoms with E-state index in [1.54, 1.807) is 0 Å². The molecule has 60 valence electrons. The van der Waals surface area contributed by atoms with Gasteiger partial charge in [-0.3, -0.25) is 0 Å². The molecule has 3 nitrogen and oxygen atoms in total. The van der Waals surface area contributed by atoms with Gasteiger partial charge in [0.05, 0.1) is 19.3 Å². The summed E-state index contributed by atoms with van der Waals surface area (Å²) in [6, 6.07) is 0. The van der Waals surface area contributed by atoms with Crippen LogP contribution in [0.4, 0.5) is 0 Å². The Kier molecular flexibility index (Phi) is 2.28. The van der Waals surface area contributed by atoms with E-state index in [0.717, 1.165) is 6.54 Å². The third-order valence-electron chi connectivity index (χ3n) is 1.97. The number of morpholine rings is 1. The summed E-state index contributed by atoms with van der Waals surface area (Å²) in [5.74, 6) is 0. The molecule has 0 aromatic rings. The normalized spacial score (nSPS) is 32.1. The summed E-state index contributed by atoms with van der Waals surface area (Å²) >= 11 is 0. The van der Waals surface area contributed by atoms with Crippen LogP contribution in [0.25, 0.3) is 0 Å². The Morgan fingerprint density at radius 2 is 2.40 bits per heavy atom. The van der Waals surface area contributed by atoms with E-state index in [4.69, 9.17) is 9.84 Å². The van der Waals surface area contributed by atoms with Crippen molar-refractivity contribution in [1.82, 2.24) is 5.32 Å². The summed E-state index contributed by atoms with van der Waals surface area (Å²) in [6.45, 7) is 5.75. The lowest BCUT2D eigenvalue weighted by molar-refractivity contribution is -0.0636. The van der Waals surface area contributed by atoms with Crippen LogP contribution in [0.2, 0.25) is 0 Å². The minimum absolute atomic E-state index is 0.0544. The van der Waals surface area contributed by atoms with E-state index < -0.39 is 0 Å². The quantitative estimate of drug-likeness (QED) is 0.534. The maximum atomic E-state index is 8.86. The molecule has 0 radical (unpaired) electrons. The monoisotopic (exact) mass is 145 g/mol. The Hall–Kier alpha value is -0.120. The highest BCUT2D eigenvalue weighted by Gasteiger charge is 2.31. The van der Waals surface area contributed by atoms with Gasteiger partial charge in [-0.05, 0) is 13.8 Å². The molecule has 1 aliphatic heterocycles. The second-order valence-electron chi connectivity index (χ2n) is 3.19. The molecule has 1 aliphatic rings. The Labute approximate surface area is 61.4 Å². The zero-order chi connectivity index (χ0) is 7.61. The van der Waals surface area contributed by atoms with Gasteiger partial charge in [0.2, 0.25) is 0 Å². The van der Waals surface area contributed by atoms with E-state index in [1.165, 1.54) is 0 Å². The maximum Gasteiger partial charge on any atom is 0.0981 e. The molecule has 10 heavy (non-hydrogen) atoms. The molecule has 0 aromatic carbocycles. The Bertz CT molecular complexity index is 114. The molecule has 0 aliphatic carbocycles. The van der Waals surface area contributed by atoms with Crippen LogP contribution in [0.1, 0.15) is 13.8 Å². The smallest absolute Gasteiger partial charge is 0.0981 e. The van der Waals surface area contributed by atoms with Crippen LogP contribution in [0.15, 0.2) is 0 Å². The van der Waals surface area contributed by atoms with E-state index >= 15 is 0 Å². The Morgan fingerprint density at radius 3 is 2.80 bits per heavy atom. The lowest BCUT2D eigenvalue weighted by atomic mass is 9.96. The van der Waals surface area contributed by atoms with Gasteiger partial charge in [-0.15, -0.1) is 0 Å². The third-order valence-corrected chi connectivity index (χ3v) is 1.97. The fourth-order valence-corrected chi connectivity index (χ4v) is 1.18. The first-order valence-electron chi connectivity index (χ1n) is 3.64. The number of aliphatic hydroxyl groups is 1. The molecule has 1 fully saturated rings. The number of aliphatic hydroxyl groups excluding tert-OH is 1. The van der Waals surface area contributed by atoms with Crippen LogP contribution >= 0.6 is 0 Å². The number of hydrogen-bond acceptors (Lipinski definition) is 3. The van der Waals surface area contributed by atoms with Gasteiger partial charge in [0, 0.05) is 12.1 Å². The van der Waals surface area contributed by atoms with E-state index in [0.29, 0.717) is 6.61 Å².